The summed E-state index contributed by atoms with van der Waals surface area (Å²) in [5.41, 5.74) is 1.34. The van der Waals surface area contributed by atoms with Gasteiger partial charge < -0.3 is 14.4 Å². The molecule has 1 aromatic rings. The van der Waals surface area contributed by atoms with Crippen LogP contribution in [0.2, 0.25) is 0 Å². The van der Waals surface area contributed by atoms with Gasteiger partial charge in [0.2, 0.25) is 5.91 Å². The van der Waals surface area contributed by atoms with Crippen molar-refractivity contribution in [3.8, 4) is 0 Å². The number of carbonyl (C=O) groups is 3. The van der Waals surface area contributed by atoms with Crippen LogP contribution in [0.25, 0.3) is 0 Å². The first-order valence-corrected chi connectivity index (χ1v) is 8.64. The molecule has 2 saturated heterocycles. The summed E-state index contributed by atoms with van der Waals surface area (Å²) in [6, 6.07) is 6.60. The van der Waals surface area contributed by atoms with Crippen molar-refractivity contribution in [1.29, 1.82) is 0 Å². The number of ether oxygens (including phenoxy) is 2. The van der Waals surface area contributed by atoms with Gasteiger partial charge in [-0.15, -0.1) is 0 Å². The molecule has 2 fully saturated rings. The molecule has 1 aromatic carbocycles. The van der Waals surface area contributed by atoms with E-state index in [1.165, 1.54) is 4.90 Å². The highest BCUT2D eigenvalue weighted by atomic mass is 16.5. The largest absolute Gasteiger partial charge is 0.466 e. The van der Waals surface area contributed by atoms with E-state index in [1.54, 1.807) is 31.2 Å². The zero-order valence-corrected chi connectivity index (χ0v) is 14.3. The lowest BCUT2D eigenvalue weighted by molar-refractivity contribution is -0.922. The van der Waals surface area contributed by atoms with E-state index >= 15 is 0 Å². The second-order valence-electron chi connectivity index (χ2n) is 6.24. The molecule has 1 N–H and O–H groups in total. The fourth-order valence-corrected chi connectivity index (χ4v) is 3.35. The van der Waals surface area contributed by atoms with Crippen molar-refractivity contribution in [3.05, 3.63) is 29.8 Å². The van der Waals surface area contributed by atoms with Gasteiger partial charge in [-0.2, -0.15) is 0 Å². The molecule has 1 atom stereocenters. The Morgan fingerprint density at radius 1 is 1.24 bits per heavy atom. The SMILES string of the molecule is CCOC(=O)Cc1ccc(N2C(=O)C[C@H]([NH+]3CCOCC3)C2=O)cc1. The molecule has 0 aromatic heterocycles. The van der Waals surface area contributed by atoms with Gasteiger partial charge in [0, 0.05) is 0 Å². The Morgan fingerprint density at radius 2 is 1.92 bits per heavy atom. The van der Waals surface area contributed by atoms with E-state index < -0.39 is 0 Å². The maximum absolute atomic E-state index is 12.7. The van der Waals surface area contributed by atoms with Crippen molar-refractivity contribution in [3.63, 3.8) is 0 Å². The molecule has 2 aliphatic rings. The molecular weight excluding hydrogens is 324 g/mol. The Hall–Kier alpha value is -2.25. The first-order chi connectivity index (χ1) is 12.1. The number of nitrogens with zero attached hydrogens (tertiary/aromatic N) is 1. The van der Waals surface area contributed by atoms with E-state index in [0.717, 1.165) is 23.6 Å². The quantitative estimate of drug-likeness (QED) is 0.565. The average molecular weight is 347 g/mol. The summed E-state index contributed by atoms with van der Waals surface area (Å²) in [6.45, 7) is 4.84. The van der Waals surface area contributed by atoms with Gasteiger partial charge in [-0.1, -0.05) is 12.1 Å². The molecule has 3 rings (SSSR count). The molecule has 2 amide bonds. The lowest BCUT2D eigenvalue weighted by Crippen LogP contribution is -3.18. The van der Waals surface area contributed by atoms with Crippen LogP contribution >= 0.6 is 0 Å². The van der Waals surface area contributed by atoms with Crippen molar-refractivity contribution in [1.82, 2.24) is 0 Å². The number of quaternary nitrogens is 1. The zero-order chi connectivity index (χ0) is 17.8. The molecule has 7 nitrogen and oxygen atoms in total. The van der Waals surface area contributed by atoms with Gasteiger partial charge in [-0.05, 0) is 24.6 Å². The number of amides is 2. The number of hydrogen-bond acceptors (Lipinski definition) is 5. The average Bonchev–Trinajstić information content (AvgIpc) is 2.91. The molecule has 25 heavy (non-hydrogen) atoms. The van der Waals surface area contributed by atoms with Crippen LogP contribution in [-0.2, 0) is 30.3 Å². The van der Waals surface area contributed by atoms with Gasteiger partial charge >= 0.3 is 5.97 Å². The van der Waals surface area contributed by atoms with Gasteiger partial charge in [-0.3, -0.25) is 14.4 Å². The monoisotopic (exact) mass is 347 g/mol. The molecule has 134 valence electrons. The standard InChI is InChI=1S/C18H22N2O5/c1-2-25-17(22)11-13-3-5-14(6-4-13)20-16(21)12-15(18(20)23)19-7-9-24-10-8-19/h3-6,15H,2,7-12H2,1H3/p+1/t15-/m0/s1. The third kappa shape index (κ3) is 3.88. The number of imide groups is 1. The molecule has 0 bridgehead atoms. The van der Waals surface area contributed by atoms with Crippen LogP contribution in [0.1, 0.15) is 18.9 Å². The highest BCUT2D eigenvalue weighted by Crippen LogP contribution is 2.22. The van der Waals surface area contributed by atoms with E-state index in [4.69, 9.17) is 9.47 Å². The van der Waals surface area contributed by atoms with Crippen LogP contribution in [0.5, 0.6) is 0 Å². The van der Waals surface area contributed by atoms with Crippen molar-refractivity contribution in [2.75, 3.05) is 37.8 Å². The smallest absolute Gasteiger partial charge is 0.310 e. The van der Waals surface area contributed by atoms with Crippen LogP contribution in [0.4, 0.5) is 5.69 Å². The van der Waals surface area contributed by atoms with Gasteiger partial charge in [0.05, 0.1) is 38.3 Å². The minimum absolute atomic E-state index is 0.153. The van der Waals surface area contributed by atoms with Crippen LogP contribution in [0.3, 0.4) is 0 Å². The molecule has 0 aliphatic carbocycles. The summed E-state index contributed by atoms with van der Waals surface area (Å²) in [5, 5.41) is 0. The van der Waals surface area contributed by atoms with E-state index in [2.05, 4.69) is 0 Å². The molecule has 2 aliphatic heterocycles. The van der Waals surface area contributed by atoms with Crippen LogP contribution < -0.4 is 9.80 Å². The third-order valence-electron chi connectivity index (χ3n) is 4.62. The Balaban J connectivity index is 1.69. The minimum atomic E-state index is -0.324. The topological polar surface area (TPSA) is 77.3 Å². The van der Waals surface area contributed by atoms with Crippen LogP contribution in [0, 0.1) is 0 Å². The summed E-state index contributed by atoms with van der Waals surface area (Å²) in [4.78, 5) is 39.0. The number of carbonyl (C=O) groups excluding carboxylic acids is 3. The van der Waals surface area contributed by atoms with Crippen LogP contribution in [-0.4, -0.2) is 56.7 Å². The second-order valence-corrected chi connectivity index (χ2v) is 6.24. The number of esters is 1. The minimum Gasteiger partial charge on any atom is -0.466 e. The number of benzene rings is 1. The summed E-state index contributed by atoms with van der Waals surface area (Å²) in [5.74, 6) is -0.619. The molecule has 0 radical (unpaired) electrons. The molecule has 2 heterocycles. The number of nitrogens with one attached hydrogen (secondary N) is 1. The highest BCUT2D eigenvalue weighted by Gasteiger charge is 2.46. The van der Waals surface area contributed by atoms with Crippen molar-refractivity contribution >= 4 is 23.5 Å². The third-order valence-corrected chi connectivity index (χ3v) is 4.62. The molecule has 0 saturated carbocycles. The Labute approximate surface area is 146 Å². The fourth-order valence-electron chi connectivity index (χ4n) is 3.35. The van der Waals surface area contributed by atoms with E-state index in [9.17, 15) is 14.4 Å². The fraction of sp³-hybridized carbons (Fsp3) is 0.500. The van der Waals surface area contributed by atoms with Gasteiger partial charge in [-0.25, -0.2) is 4.90 Å². The molecule has 0 unspecified atom stereocenters. The lowest BCUT2D eigenvalue weighted by atomic mass is 10.1. The normalized spacial score (nSPS) is 21.6. The lowest BCUT2D eigenvalue weighted by Gasteiger charge is -2.27. The number of anilines is 1. The van der Waals surface area contributed by atoms with Crippen molar-refractivity contribution in [2.45, 2.75) is 25.8 Å². The summed E-state index contributed by atoms with van der Waals surface area (Å²) in [7, 11) is 0. The maximum Gasteiger partial charge on any atom is 0.310 e. The molecule has 7 heteroatoms. The van der Waals surface area contributed by atoms with E-state index in [0.29, 0.717) is 25.5 Å². The van der Waals surface area contributed by atoms with Gasteiger partial charge in [0.1, 0.15) is 13.1 Å². The highest BCUT2D eigenvalue weighted by molar-refractivity contribution is 6.21. The Morgan fingerprint density at radius 3 is 2.56 bits per heavy atom. The van der Waals surface area contributed by atoms with Crippen molar-refractivity contribution in [2.24, 2.45) is 0 Å². The van der Waals surface area contributed by atoms with Crippen molar-refractivity contribution < 1.29 is 28.8 Å². The Kier molecular flexibility index (Phi) is 5.45. The predicted octanol–water partition coefficient (Wildman–Crippen LogP) is -0.661. The first kappa shape index (κ1) is 17.6. The summed E-state index contributed by atoms with van der Waals surface area (Å²) < 4.78 is 10.2. The summed E-state index contributed by atoms with van der Waals surface area (Å²) >= 11 is 0. The number of hydrogen-bond donors (Lipinski definition) is 1. The molecule has 0 spiro atoms. The van der Waals surface area contributed by atoms with E-state index in [1.807, 2.05) is 0 Å². The van der Waals surface area contributed by atoms with Gasteiger partial charge in [0.25, 0.3) is 5.91 Å². The van der Waals surface area contributed by atoms with Crippen LogP contribution in [0.15, 0.2) is 24.3 Å². The number of rotatable bonds is 5. The zero-order valence-electron chi connectivity index (χ0n) is 14.3. The second kappa shape index (κ2) is 7.76. The molecular formula is C18H23N2O5+. The van der Waals surface area contributed by atoms with Gasteiger partial charge in [0.15, 0.2) is 6.04 Å². The maximum atomic E-state index is 12.7. The predicted molar refractivity (Wildman–Crippen MR) is 89.2 cm³/mol. The Bertz CT molecular complexity index is 652. The first-order valence-electron chi connectivity index (χ1n) is 8.64. The number of morpholine rings is 1. The summed E-state index contributed by atoms with van der Waals surface area (Å²) in [6.07, 6.45) is 0.412. The van der Waals surface area contributed by atoms with E-state index in [-0.39, 0.29) is 36.7 Å².